The molecule has 0 unspecified atom stereocenters. The molecule has 1 rings (SSSR count). The Morgan fingerprint density at radius 3 is 2.50 bits per heavy atom. The molecule has 0 heterocycles. The molecule has 10 heavy (non-hydrogen) atoms. The summed E-state index contributed by atoms with van der Waals surface area (Å²) >= 11 is 5.63. The zero-order valence-electron chi connectivity index (χ0n) is 4.76. The van der Waals surface area contributed by atoms with E-state index in [-0.39, 0.29) is 18.9 Å². The molecule has 0 atom stereocenters. The molecule has 46 valence electrons. The summed E-state index contributed by atoms with van der Waals surface area (Å²) < 4.78 is 0. The Bertz CT molecular complexity index is 250. The molecule has 0 aliphatic rings. The molecule has 0 aliphatic heterocycles. The zero-order valence-corrected chi connectivity index (χ0v) is 5.52. The van der Waals surface area contributed by atoms with Gasteiger partial charge in [-0.25, -0.2) is 0 Å². The van der Waals surface area contributed by atoms with Crippen LogP contribution in [0.3, 0.4) is 0 Å². The van der Waals surface area contributed by atoms with Crippen molar-refractivity contribution in [1.82, 2.24) is 0 Å². The van der Waals surface area contributed by atoms with Gasteiger partial charge in [-0.05, 0) is 18.2 Å². The summed E-state index contributed by atoms with van der Waals surface area (Å²) in [7, 11) is 0. The second kappa shape index (κ2) is 4.48. The number of rotatable bonds is 0. The van der Waals surface area contributed by atoms with Crippen molar-refractivity contribution in [2.24, 2.45) is 0 Å². The Morgan fingerprint density at radius 2 is 2.10 bits per heavy atom. The molecule has 0 N–H and O–H groups in total. The standard InChI is InChI=1S/C8H5Cl.Li.H/c1-2-7-4-3-5-8(9)6-7;;/h1,3-6H;;. The van der Waals surface area contributed by atoms with Crippen LogP contribution in [0, 0.1) is 12.3 Å². The van der Waals surface area contributed by atoms with E-state index in [0.717, 1.165) is 5.56 Å². The Morgan fingerprint density at radius 1 is 1.40 bits per heavy atom. The fourth-order valence-corrected chi connectivity index (χ4v) is 0.769. The summed E-state index contributed by atoms with van der Waals surface area (Å²) in [5, 5.41) is 0.686. The van der Waals surface area contributed by atoms with E-state index >= 15 is 0 Å². The van der Waals surface area contributed by atoms with Gasteiger partial charge in [0.15, 0.2) is 0 Å². The summed E-state index contributed by atoms with van der Waals surface area (Å²) in [4.78, 5) is 0. The summed E-state index contributed by atoms with van der Waals surface area (Å²) in [5.41, 5.74) is 0.822. The molecule has 0 fully saturated rings. The zero-order chi connectivity index (χ0) is 6.69. The van der Waals surface area contributed by atoms with Crippen molar-refractivity contribution in [2.75, 3.05) is 0 Å². The summed E-state index contributed by atoms with van der Waals surface area (Å²) in [6.45, 7) is 0. The van der Waals surface area contributed by atoms with Crippen molar-refractivity contribution in [1.29, 1.82) is 0 Å². The number of hydrogen-bond donors (Lipinski definition) is 0. The number of halogens is 1. The third-order valence-corrected chi connectivity index (χ3v) is 1.23. The van der Waals surface area contributed by atoms with Crippen LogP contribution < -0.4 is 0 Å². The Balaban J connectivity index is 0.000000810. The van der Waals surface area contributed by atoms with Gasteiger partial charge in [0.25, 0.3) is 0 Å². The molecule has 1 aromatic rings. The van der Waals surface area contributed by atoms with Crippen molar-refractivity contribution in [2.45, 2.75) is 0 Å². The SMILES string of the molecule is C#Cc1cccc(Cl)c1.[LiH]. The van der Waals surface area contributed by atoms with Gasteiger partial charge in [-0.15, -0.1) is 6.42 Å². The topological polar surface area (TPSA) is 0 Å². The van der Waals surface area contributed by atoms with Crippen LogP contribution in [-0.2, 0) is 0 Å². The molecule has 0 bridgehead atoms. The van der Waals surface area contributed by atoms with Crippen molar-refractivity contribution in [3.63, 3.8) is 0 Å². The molecule has 0 nitrogen and oxygen atoms in total. The van der Waals surface area contributed by atoms with Crippen molar-refractivity contribution < 1.29 is 0 Å². The van der Waals surface area contributed by atoms with Crippen LogP contribution in [0.5, 0.6) is 0 Å². The summed E-state index contributed by atoms with van der Waals surface area (Å²) in [5.74, 6) is 2.48. The van der Waals surface area contributed by atoms with Crippen LogP contribution >= 0.6 is 11.6 Å². The summed E-state index contributed by atoms with van der Waals surface area (Å²) in [6.07, 6.45) is 5.11. The molecule has 0 aliphatic carbocycles. The molecule has 0 saturated carbocycles. The molecule has 2 heteroatoms. The molecule has 0 amide bonds. The fraction of sp³-hybridized carbons (Fsp3) is 0. The average molecular weight is 145 g/mol. The van der Waals surface area contributed by atoms with E-state index in [2.05, 4.69) is 5.92 Å². The first-order valence-corrected chi connectivity index (χ1v) is 2.93. The second-order valence-corrected chi connectivity index (χ2v) is 2.09. The average Bonchev–Trinajstić information content (AvgIpc) is 1.88. The van der Waals surface area contributed by atoms with Crippen molar-refractivity contribution >= 4 is 30.5 Å². The van der Waals surface area contributed by atoms with Gasteiger partial charge in [0.2, 0.25) is 0 Å². The molecule has 0 radical (unpaired) electrons. The van der Waals surface area contributed by atoms with Crippen LogP contribution in [0.1, 0.15) is 5.56 Å². The quantitative estimate of drug-likeness (QED) is 0.384. The Hall–Kier alpha value is -0.333. The molecule has 1 aromatic carbocycles. The third kappa shape index (κ3) is 2.50. The van der Waals surface area contributed by atoms with Gasteiger partial charge in [-0.2, -0.15) is 0 Å². The van der Waals surface area contributed by atoms with Gasteiger partial charge < -0.3 is 0 Å². The molecule has 0 saturated heterocycles. The number of hydrogen-bond acceptors (Lipinski definition) is 0. The second-order valence-electron chi connectivity index (χ2n) is 1.65. The van der Waals surface area contributed by atoms with Crippen molar-refractivity contribution in [3.8, 4) is 12.3 Å². The van der Waals surface area contributed by atoms with Crippen molar-refractivity contribution in [3.05, 3.63) is 34.9 Å². The first-order chi connectivity index (χ1) is 4.33. The van der Waals surface area contributed by atoms with Gasteiger partial charge in [-0.3, -0.25) is 0 Å². The Labute approximate surface area is 77.8 Å². The minimum atomic E-state index is 0. The van der Waals surface area contributed by atoms with Crippen LogP contribution in [0.25, 0.3) is 0 Å². The van der Waals surface area contributed by atoms with E-state index in [4.69, 9.17) is 18.0 Å². The molecule has 0 spiro atoms. The van der Waals surface area contributed by atoms with Gasteiger partial charge >= 0.3 is 18.9 Å². The fourth-order valence-electron chi connectivity index (χ4n) is 0.578. The van der Waals surface area contributed by atoms with E-state index in [9.17, 15) is 0 Å². The van der Waals surface area contributed by atoms with Crippen LogP contribution in [0.2, 0.25) is 5.02 Å². The van der Waals surface area contributed by atoms with E-state index < -0.39 is 0 Å². The van der Waals surface area contributed by atoms with E-state index in [0.29, 0.717) is 5.02 Å². The first-order valence-electron chi connectivity index (χ1n) is 2.55. The Kier molecular flexibility index (Phi) is 4.33. The number of benzene rings is 1. The van der Waals surface area contributed by atoms with Crippen LogP contribution in [0.15, 0.2) is 24.3 Å². The van der Waals surface area contributed by atoms with E-state index in [1.165, 1.54) is 0 Å². The third-order valence-electron chi connectivity index (χ3n) is 0.991. The monoisotopic (exact) mass is 144 g/mol. The van der Waals surface area contributed by atoms with Gasteiger partial charge in [0, 0.05) is 10.6 Å². The van der Waals surface area contributed by atoms with Crippen LogP contribution in [-0.4, -0.2) is 18.9 Å². The van der Waals surface area contributed by atoms with E-state index in [1.807, 2.05) is 12.1 Å². The maximum atomic E-state index is 5.63. The van der Waals surface area contributed by atoms with E-state index in [1.54, 1.807) is 12.1 Å². The molecule has 0 aromatic heterocycles. The first kappa shape index (κ1) is 9.67. The van der Waals surface area contributed by atoms with Crippen LogP contribution in [0.4, 0.5) is 0 Å². The minimum absolute atomic E-state index is 0. The molecular formula is C8H6ClLi. The predicted molar refractivity (Wildman–Crippen MR) is 46.5 cm³/mol. The maximum absolute atomic E-state index is 5.63. The van der Waals surface area contributed by atoms with Gasteiger partial charge in [0.05, 0.1) is 0 Å². The normalized spacial score (nSPS) is 7.60. The van der Waals surface area contributed by atoms with Gasteiger partial charge in [-0.1, -0.05) is 23.6 Å². The predicted octanol–water partition coefficient (Wildman–Crippen LogP) is 1.67. The van der Waals surface area contributed by atoms with Gasteiger partial charge in [0.1, 0.15) is 0 Å². The summed E-state index contributed by atoms with van der Waals surface area (Å²) in [6, 6.07) is 7.22. The number of terminal acetylenes is 1. The molecular weight excluding hydrogens is 138 g/mol.